The molecule has 1 aliphatic heterocycles. The van der Waals surface area contributed by atoms with Crippen molar-refractivity contribution in [2.24, 2.45) is 0 Å². The minimum absolute atomic E-state index is 0.0292. The fourth-order valence-electron chi connectivity index (χ4n) is 2.76. The van der Waals surface area contributed by atoms with Crippen LogP contribution in [0.15, 0.2) is 33.9 Å². The third-order valence-corrected chi connectivity index (χ3v) is 5.21. The van der Waals surface area contributed by atoms with Gasteiger partial charge in [0.1, 0.15) is 11.9 Å². The summed E-state index contributed by atoms with van der Waals surface area (Å²) in [5, 5.41) is 7.84. The second-order valence-corrected chi connectivity index (χ2v) is 7.14. The molecule has 2 aromatic rings. The number of hydrogen-bond acceptors (Lipinski definition) is 7. The summed E-state index contributed by atoms with van der Waals surface area (Å²) < 4.78 is 16.7. The van der Waals surface area contributed by atoms with E-state index in [9.17, 15) is 4.79 Å². The third-order valence-electron chi connectivity index (χ3n) is 4.26. The lowest BCUT2D eigenvalue weighted by molar-refractivity contribution is -0.124. The molecule has 1 aliphatic rings. The summed E-state index contributed by atoms with van der Waals surface area (Å²) in [5.41, 5.74) is 1.78. The van der Waals surface area contributed by atoms with Crippen LogP contribution in [0, 0.1) is 13.8 Å². The highest BCUT2D eigenvalue weighted by atomic mass is 32.2. The van der Waals surface area contributed by atoms with Gasteiger partial charge in [-0.1, -0.05) is 23.0 Å². The van der Waals surface area contributed by atoms with Gasteiger partial charge < -0.3 is 19.3 Å². The Morgan fingerprint density at radius 3 is 3.04 bits per heavy atom. The van der Waals surface area contributed by atoms with E-state index in [2.05, 4.69) is 15.5 Å². The van der Waals surface area contributed by atoms with Gasteiger partial charge in [0.15, 0.2) is 0 Å². The maximum absolute atomic E-state index is 12.3. The number of carbonyl (C=O) groups excluding carboxylic acids is 1. The van der Waals surface area contributed by atoms with E-state index in [-0.39, 0.29) is 18.1 Å². The maximum atomic E-state index is 12.3. The SMILES string of the molecule is Cc1noc(C)c1CO[C@@H]1COCC[C@H]1NC(=O)CSc1ccccn1. The van der Waals surface area contributed by atoms with Crippen molar-refractivity contribution >= 4 is 17.7 Å². The first-order valence-corrected chi connectivity index (χ1v) is 9.56. The molecule has 2 aromatic heterocycles. The largest absolute Gasteiger partial charge is 0.379 e. The van der Waals surface area contributed by atoms with Gasteiger partial charge in [-0.15, -0.1) is 0 Å². The molecule has 8 heteroatoms. The minimum Gasteiger partial charge on any atom is -0.379 e. The van der Waals surface area contributed by atoms with Gasteiger partial charge in [0.25, 0.3) is 0 Å². The van der Waals surface area contributed by atoms with Crippen molar-refractivity contribution in [3.05, 3.63) is 41.4 Å². The number of carbonyl (C=O) groups is 1. The van der Waals surface area contributed by atoms with Crippen molar-refractivity contribution in [2.75, 3.05) is 19.0 Å². The Kier molecular flexibility index (Phi) is 6.65. The zero-order valence-corrected chi connectivity index (χ0v) is 15.8. The van der Waals surface area contributed by atoms with Crippen LogP contribution in [0.4, 0.5) is 0 Å². The number of pyridine rings is 1. The highest BCUT2D eigenvalue weighted by molar-refractivity contribution is 7.99. The van der Waals surface area contributed by atoms with E-state index >= 15 is 0 Å². The van der Waals surface area contributed by atoms with Gasteiger partial charge in [-0.05, 0) is 32.4 Å². The van der Waals surface area contributed by atoms with Gasteiger partial charge >= 0.3 is 0 Å². The molecule has 0 bridgehead atoms. The summed E-state index contributed by atoms with van der Waals surface area (Å²) in [6, 6.07) is 5.58. The van der Waals surface area contributed by atoms with Crippen LogP contribution in [0.1, 0.15) is 23.4 Å². The lowest BCUT2D eigenvalue weighted by Gasteiger charge is -2.32. The quantitative estimate of drug-likeness (QED) is 0.741. The van der Waals surface area contributed by atoms with Gasteiger partial charge in [-0.3, -0.25) is 4.79 Å². The molecule has 1 N–H and O–H groups in total. The predicted molar refractivity (Wildman–Crippen MR) is 96.9 cm³/mol. The van der Waals surface area contributed by atoms with Crippen molar-refractivity contribution in [2.45, 2.75) is 44.0 Å². The molecule has 2 atom stereocenters. The Balaban J connectivity index is 1.50. The van der Waals surface area contributed by atoms with Crippen LogP contribution in [0.25, 0.3) is 0 Å². The van der Waals surface area contributed by atoms with E-state index in [1.807, 2.05) is 32.0 Å². The van der Waals surface area contributed by atoms with Crippen molar-refractivity contribution in [1.29, 1.82) is 0 Å². The molecule has 3 rings (SSSR count). The van der Waals surface area contributed by atoms with Gasteiger partial charge in [-0.25, -0.2) is 4.98 Å². The normalized spacial score (nSPS) is 20.1. The van der Waals surface area contributed by atoms with Crippen LogP contribution >= 0.6 is 11.8 Å². The zero-order valence-electron chi connectivity index (χ0n) is 14.9. The first-order valence-electron chi connectivity index (χ1n) is 8.58. The van der Waals surface area contributed by atoms with Crippen molar-refractivity contribution in [1.82, 2.24) is 15.5 Å². The number of ether oxygens (including phenoxy) is 2. The monoisotopic (exact) mass is 377 g/mol. The molecular formula is C18H23N3O4S. The Bertz CT molecular complexity index is 703. The van der Waals surface area contributed by atoms with Crippen molar-refractivity contribution < 1.29 is 18.8 Å². The van der Waals surface area contributed by atoms with E-state index in [0.717, 1.165) is 28.5 Å². The molecule has 7 nitrogen and oxygen atoms in total. The number of nitrogens with zero attached hydrogens (tertiary/aromatic N) is 2. The zero-order chi connectivity index (χ0) is 18.4. The molecule has 0 unspecified atom stereocenters. The van der Waals surface area contributed by atoms with E-state index in [1.54, 1.807) is 6.20 Å². The molecule has 26 heavy (non-hydrogen) atoms. The van der Waals surface area contributed by atoms with Crippen LogP contribution in [0.3, 0.4) is 0 Å². The van der Waals surface area contributed by atoms with E-state index in [0.29, 0.717) is 25.6 Å². The molecule has 1 saturated heterocycles. The molecular weight excluding hydrogens is 354 g/mol. The van der Waals surface area contributed by atoms with Crippen LogP contribution in [-0.2, 0) is 20.9 Å². The fraction of sp³-hybridized carbons (Fsp3) is 0.500. The molecule has 0 radical (unpaired) electrons. The smallest absolute Gasteiger partial charge is 0.230 e. The number of amides is 1. The van der Waals surface area contributed by atoms with Crippen LogP contribution in [0.2, 0.25) is 0 Å². The summed E-state index contributed by atoms with van der Waals surface area (Å²) in [6.45, 7) is 5.22. The molecule has 3 heterocycles. The number of aryl methyl sites for hydroxylation is 2. The molecule has 0 aromatic carbocycles. The second kappa shape index (κ2) is 9.16. The minimum atomic E-state index is -0.193. The Hall–Kier alpha value is -1.90. The number of nitrogens with one attached hydrogen (secondary N) is 1. The highest BCUT2D eigenvalue weighted by Gasteiger charge is 2.28. The lowest BCUT2D eigenvalue weighted by Crippen LogP contribution is -2.50. The Labute approximate surface area is 156 Å². The predicted octanol–water partition coefficient (Wildman–Crippen LogP) is 2.27. The number of hydrogen-bond donors (Lipinski definition) is 1. The average molecular weight is 377 g/mol. The Morgan fingerprint density at radius 2 is 2.31 bits per heavy atom. The molecule has 0 aliphatic carbocycles. The van der Waals surface area contributed by atoms with E-state index in [4.69, 9.17) is 14.0 Å². The fourth-order valence-corrected chi connectivity index (χ4v) is 3.43. The van der Waals surface area contributed by atoms with Gasteiger partial charge in [-0.2, -0.15) is 0 Å². The van der Waals surface area contributed by atoms with E-state index < -0.39 is 0 Å². The summed E-state index contributed by atoms with van der Waals surface area (Å²) in [4.78, 5) is 16.5. The van der Waals surface area contributed by atoms with Crippen molar-refractivity contribution in [3.63, 3.8) is 0 Å². The average Bonchev–Trinajstić information content (AvgIpc) is 2.98. The van der Waals surface area contributed by atoms with Gasteiger partial charge in [0.2, 0.25) is 5.91 Å². The third kappa shape index (κ3) is 5.06. The molecule has 1 amide bonds. The van der Waals surface area contributed by atoms with Crippen LogP contribution < -0.4 is 5.32 Å². The van der Waals surface area contributed by atoms with Crippen LogP contribution in [-0.4, -0.2) is 47.2 Å². The second-order valence-electron chi connectivity index (χ2n) is 6.15. The number of thioether (sulfide) groups is 1. The van der Waals surface area contributed by atoms with E-state index in [1.165, 1.54) is 11.8 Å². The first-order chi connectivity index (χ1) is 12.6. The van der Waals surface area contributed by atoms with Crippen LogP contribution in [0.5, 0.6) is 0 Å². The molecule has 1 fully saturated rings. The summed E-state index contributed by atoms with van der Waals surface area (Å²) in [5.74, 6) is 1.05. The molecule has 0 saturated carbocycles. The highest BCUT2D eigenvalue weighted by Crippen LogP contribution is 2.19. The summed E-state index contributed by atoms with van der Waals surface area (Å²) in [6.07, 6.45) is 2.25. The maximum Gasteiger partial charge on any atom is 0.230 e. The van der Waals surface area contributed by atoms with Gasteiger partial charge in [0, 0.05) is 18.4 Å². The summed E-state index contributed by atoms with van der Waals surface area (Å²) in [7, 11) is 0. The Morgan fingerprint density at radius 1 is 1.42 bits per heavy atom. The number of rotatable bonds is 7. The number of aromatic nitrogens is 2. The van der Waals surface area contributed by atoms with Gasteiger partial charge in [0.05, 0.1) is 35.7 Å². The first kappa shape index (κ1) is 18.9. The molecule has 0 spiro atoms. The molecule has 140 valence electrons. The topological polar surface area (TPSA) is 86.5 Å². The standard InChI is InChI=1S/C18H23N3O4S/c1-12-14(13(2)25-21-12)9-24-16-10-23-8-6-15(16)20-17(22)11-26-18-5-3-4-7-19-18/h3-5,7,15-16H,6,8-11H2,1-2H3,(H,20,22)/t15-,16-/m1/s1. The van der Waals surface area contributed by atoms with Crippen molar-refractivity contribution in [3.8, 4) is 0 Å². The lowest BCUT2D eigenvalue weighted by atomic mass is 10.1. The summed E-state index contributed by atoms with van der Waals surface area (Å²) >= 11 is 1.42.